The van der Waals surface area contributed by atoms with Crippen LogP contribution in [-0.4, -0.2) is 12.8 Å². The summed E-state index contributed by atoms with van der Waals surface area (Å²) >= 11 is 0. The number of aliphatic imine (C=N–C) groups is 1. The highest BCUT2D eigenvalue weighted by molar-refractivity contribution is 5.86. The maximum Gasteiger partial charge on any atom is 0.0939 e. The van der Waals surface area contributed by atoms with Gasteiger partial charge in [0.1, 0.15) is 0 Å². The lowest BCUT2D eigenvalue weighted by atomic mass is 10.2. The molecule has 2 rings (SSSR count). The van der Waals surface area contributed by atoms with Gasteiger partial charge < -0.3 is 0 Å². The molecule has 0 amide bonds. The second-order valence-electron chi connectivity index (χ2n) is 1.88. The first kappa shape index (κ1) is 4.61. The average Bonchev–Trinajstić information content (AvgIpc) is 2.33. The van der Waals surface area contributed by atoms with E-state index in [1.54, 1.807) is 12.4 Å². The fraction of sp³-hybridized carbons (Fsp3) is 0.167. The lowest BCUT2D eigenvalue weighted by Gasteiger charge is -1.97. The molecule has 0 fully saturated rings. The van der Waals surface area contributed by atoms with Crippen molar-refractivity contribution < 1.29 is 0 Å². The maximum atomic E-state index is 4.03. The summed E-state index contributed by atoms with van der Waals surface area (Å²) < 4.78 is 0. The van der Waals surface area contributed by atoms with E-state index in [0.29, 0.717) is 0 Å². The molecular weight excluding hydrogens is 114 g/mol. The third kappa shape index (κ3) is 0.614. The summed E-state index contributed by atoms with van der Waals surface area (Å²) in [5, 5.41) is 7.59. The van der Waals surface area contributed by atoms with E-state index in [2.05, 4.69) is 15.2 Å². The number of rotatable bonds is 0. The molecule has 0 aromatic heterocycles. The molecule has 0 unspecified atom stereocenters. The third-order valence-electron chi connectivity index (χ3n) is 1.28. The number of azo groups is 1. The van der Waals surface area contributed by atoms with Gasteiger partial charge in [-0.1, -0.05) is 0 Å². The van der Waals surface area contributed by atoms with Crippen LogP contribution in [0.3, 0.4) is 0 Å². The summed E-state index contributed by atoms with van der Waals surface area (Å²) in [6.07, 6.45) is 5.48. The summed E-state index contributed by atoms with van der Waals surface area (Å²) in [4.78, 5) is 4.03. The Morgan fingerprint density at radius 2 is 2.44 bits per heavy atom. The van der Waals surface area contributed by atoms with Gasteiger partial charge >= 0.3 is 0 Å². The molecule has 0 bridgehead atoms. The summed E-state index contributed by atoms with van der Waals surface area (Å²) in [6.45, 7) is 0.742. The summed E-state index contributed by atoms with van der Waals surface area (Å²) in [5.41, 5.74) is 1.99. The Kier molecular flexibility index (Phi) is 0.828. The molecule has 0 spiro atoms. The second-order valence-corrected chi connectivity index (χ2v) is 1.88. The highest BCUT2D eigenvalue weighted by Crippen LogP contribution is 2.18. The van der Waals surface area contributed by atoms with Crippen LogP contribution in [0.25, 0.3) is 0 Å². The molecule has 0 aromatic rings. The van der Waals surface area contributed by atoms with Gasteiger partial charge in [0.2, 0.25) is 0 Å². The van der Waals surface area contributed by atoms with Gasteiger partial charge in [0.05, 0.1) is 18.4 Å². The molecule has 0 aromatic carbocycles. The van der Waals surface area contributed by atoms with Crippen molar-refractivity contribution in [2.75, 3.05) is 6.54 Å². The molecule has 2 aliphatic rings. The van der Waals surface area contributed by atoms with Crippen LogP contribution < -0.4 is 0 Å². The van der Waals surface area contributed by atoms with Crippen molar-refractivity contribution >= 4 is 6.21 Å². The molecular formula is C6H5N3. The van der Waals surface area contributed by atoms with Gasteiger partial charge in [-0.15, -0.1) is 0 Å². The van der Waals surface area contributed by atoms with Crippen molar-refractivity contribution in [3.8, 4) is 0 Å². The topological polar surface area (TPSA) is 37.1 Å². The lowest BCUT2D eigenvalue weighted by Crippen LogP contribution is -1.92. The van der Waals surface area contributed by atoms with Crippen LogP contribution in [-0.2, 0) is 0 Å². The van der Waals surface area contributed by atoms with E-state index in [-0.39, 0.29) is 0 Å². The monoisotopic (exact) mass is 119 g/mol. The van der Waals surface area contributed by atoms with Crippen LogP contribution in [0.5, 0.6) is 0 Å². The van der Waals surface area contributed by atoms with Crippen LogP contribution in [0.1, 0.15) is 0 Å². The molecule has 2 heterocycles. The molecule has 0 radical (unpaired) electrons. The second kappa shape index (κ2) is 1.62. The number of hydrogen-bond donors (Lipinski definition) is 0. The quantitative estimate of drug-likeness (QED) is 0.461. The van der Waals surface area contributed by atoms with E-state index in [1.165, 1.54) is 0 Å². The number of dihydropyridines is 1. The normalized spacial score (nSPS) is 21.3. The Labute approximate surface area is 52.5 Å². The Balaban J connectivity index is 2.46. The van der Waals surface area contributed by atoms with E-state index < -0.39 is 0 Å². The zero-order valence-electron chi connectivity index (χ0n) is 4.78. The van der Waals surface area contributed by atoms with Crippen molar-refractivity contribution in [3.05, 3.63) is 23.5 Å². The number of fused-ring (bicyclic) bond motifs is 1. The molecule has 2 aliphatic heterocycles. The molecule has 3 heteroatoms. The predicted molar refractivity (Wildman–Crippen MR) is 34.4 cm³/mol. The standard InChI is InChI=1S/C6H5N3/c1-2-7-3-5-4-8-9-6(1)5/h1,3-4H,2H2. The summed E-state index contributed by atoms with van der Waals surface area (Å²) in [6, 6.07) is 0. The van der Waals surface area contributed by atoms with Gasteiger partial charge in [0, 0.05) is 11.8 Å². The SMILES string of the molecule is C1=NCC=C2N=NC=C12. The molecule has 0 saturated heterocycles. The van der Waals surface area contributed by atoms with Crippen molar-refractivity contribution in [2.45, 2.75) is 0 Å². The van der Waals surface area contributed by atoms with Crippen molar-refractivity contribution in [1.29, 1.82) is 0 Å². The van der Waals surface area contributed by atoms with Crippen LogP contribution in [0, 0.1) is 0 Å². The molecule has 0 atom stereocenters. The van der Waals surface area contributed by atoms with Gasteiger partial charge in [-0.3, -0.25) is 4.99 Å². The Bertz CT molecular complexity index is 245. The molecule has 44 valence electrons. The first-order chi connectivity index (χ1) is 4.47. The highest BCUT2D eigenvalue weighted by atomic mass is 15.1. The molecule has 0 N–H and O–H groups in total. The van der Waals surface area contributed by atoms with Crippen molar-refractivity contribution in [1.82, 2.24) is 0 Å². The highest BCUT2D eigenvalue weighted by Gasteiger charge is 2.08. The Morgan fingerprint density at radius 3 is 3.33 bits per heavy atom. The molecule has 9 heavy (non-hydrogen) atoms. The zero-order chi connectivity index (χ0) is 6.10. The Hall–Kier alpha value is -1.25. The van der Waals surface area contributed by atoms with E-state index in [0.717, 1.165) is 17.8 Å². The largest absolute Gasteiger partial charge is 0.288 e. The maximum absolute atomic E-state index is 4.03. The fourth-order valence-electron chi connectivity index (χ4n) is 0.826. The first-order valence-electron chi connectivity index (χ1n) is 2.78. The summed E-state index contributed by atoms with van der Waals surface area (Å²) in [5.74, 6) is 0. The number of hydrogen-bond acceptors (Lipinski definition) is 3. The van der Waals surface area contributed by atoms with Gasteiger partial charge in [-0.25, -0.2) is 0 Å². The third-order valence-corrected chi connectivity index (χ3v) is 1.28. The van der Waals surface area contributed by atoms with Gasteiger partial charge in [0.25, 0.3) is 0 Å². The zero-order valence-corrected chi connectivity index (χ0v) is 4.78. The van der Waals surface area contributed by atoms with E-state index in [1.807, 2.05) is 6.08 Å². The van der Waals surface area contributed by atoms with E-state index in [9.17, 15) is 0 Å². The van der Waals surface area contributed by atoms with Gasteiger partial charge in [0.15, 0.2) is 0 Å². The fourth-order valence-corrected chi connectivity index (χ4v) is 0.826. The Morgan fingerprint density at radius 1 is 1.44 bits per heavy atom. The van der Waals surface area contributed by atoms with E-state index >= 15 is 0 Å². The lowest BCUT2D eigenvalue weighted by molar-refractivity contribution is 1.15. The number of allylic oxidation sites excluding steroid dienone is 1. The average molecular weight is 119 g/mol. The first-order valence-corrected chi connectivity index (χ1v) is 2.78. The van der Waals surface area contributed by atoms with Gasteiger partial charge in [-0.2, -0.15) is 10.2 Å². The summed E-state index contributed by atoms with van der Waals surface area (Å²) in [7, 11) is 0. The minimum absolute atomic E-state index is 0.742. The van der Waals surface area contributed by atoms with Gasteiger partial charge in [-0.05, 0) is 6.08 Å². The molecule has 0 saturated carbocycles. The molecule has 0 aliphatic carbocycles. The van der Waals surface area contributed by atoms with Crippen LogP contribution >= 0.6 is 0 Å². The van der Waals surface area contributed by atoms with Crippen LogP contribution in [0.2, 0.25) is 0 Å². The van der Waals surface area contributed by atoms with Crippen LogP contribution in [0.4, 0.5) is 0 Å². The number of nitrogens with zero attached hydrogens (tertiary/aromatic N) is 3. The molecule has 3 nitrogen and oxygen atoms in total. The van der Waals surface area contributed by atoms with E-state index in [4.69, 9.17) is 0 Å². The smallest absolute Gasteiger partial charge is 0.0939 e. The minimum Gasteiger partial charge on any atom is -0.288 e. The minimum atomic E-state index is 0.742. The predicted octanol–water partition coefficient (Wildman–Crippen LogP) is 1.30. The van der Waals surface area contributed by atoms with Crippen LogP contribution in [0.15, 0.2) is 38.8 Å². The van der Waals surface area contributed by atoms with Crippen molar-refractivity contribution in [2.24, 2.45) is 15.2 Å². The van der Waals surface area contributed by atoms with Crippen molar-refractivity contribution in [3.63, 3.8) is 0 Å².